The average Bonchev–Trinajstić information content (AvgIpc) is 3.29. The first-order valence-electron chi connectivity index (χ1n) is 9.36. The van der Waals surface area contributed by atoms with Crippen LogP contribution >= 0.6 is 0 Å². The number of imidazole rings is 1. The molecule has 4 aromatic rings. The van der Waals surface area contributed by atoms with Crippen molar-refractivity contribution in [2.45, 2.75) is 32.1 Å². The Hall–Kier alpha value is -3.29. The van der Waals surface area contributed by atoms with E-state index in [9.17, 15) is 9.18 Å². The van der Waals surface area contributed by atoms with Crippen LogP contribution in [-0.2, 0) is 6.42 Å². The van der Waals surface area contributed by atoms with Gasteiger partial charge in [0.05, 0.1) is 16.6 Å². The van der Waals surface area contributed by atoms with E-state index in [4.69, 9.17) is 0 Å². The highest BCUT2D eigenvalue weighted by Crippen LogP contribution is 2.39. The van der Waals surface area contributed by atoms with Gasteiger partial charge in [0.25, 0.3) is 5.91 Å². The number of hydrogen-bond donors (Lipinski definition) is 2. The van der Waals surface area contributed by atoms with Crippen molar-refractivity contribution < 1.29 is 9.18 Å². The largest absolute Gasteiger partial charge is 0.351 e. The van der Waals surface area contributed by atoms with Crippen molar-refractivity contribution in [2.24, 2.45) is 0 Å². The topological polar surface area (TPSA) is 88.0 Å². The van der Waals surface area contributed by atoms with Gasteiger partial charge in [0.2, 0.25) is 0 Å². The molecule has 1 saturated carbocycles. The highest BCUT2D eigenvalue weighted by molar-refractivity contribution is 6.00. The quantitative estimate of drug-likeness (QED) is 0.559. The minimum atomic E-state index is -0.307. The minimum Gasteiger partial charge on any atom is -0.351 e. The van der Waals surface area contributed by atoms with E-state index < -0.39 is 0 Å². The number of carbonyl (C=O) groups is 1. The summed E-state index contributed by atoms with van der Waals surface area (Å²) in [5.74, 6) is 1.59. The number of benzene rings is 1. The molecule has 1 aromatic carbocycles. The summed E-state index contributed by atoms with van der Waals surface area (Å²) in [4.78, 5) is 20.2. The Kier molecular flexibility index (Phi) is 3.85. The van der Waals surface area contributed by atoms with Crippen LogP contribution in [0.1, 0.15) is 46.3 Å². The molecule has 2 N–H and O–H groups in total. The van der Waals surface area contributed by atoms with E-state index in [0.717, 1.165) is 24.2 Å². The number of carbonyl (C=O) groups excluding carboxylic acids is 1. The average molecular weight is 378 g/mol. The van der Waals surface area contributed by atoms with Crippen LogP contribution in [0.3, 0.4) is 0 Å². The molecule has 5 rings (SSSR count). The monoisotopic (exact) mass is 378 g/mol. The first kappa shape index (κ1) is 16.9. The summed E-state index contributed by atoms with van der Waals surface area (Å²) >= 11 is 0. The van der Waals surface area contributed by atoms with Gasteiger partial charge in [-0.25, -0.2) is 9.37 Å². The summed E-state index contributed by atoms with van der Waals surface area (Å²) in [6.45, 7) is 2.37. The third-order valence-corrected chi connectivity index (χ3v) is 5.00. The van der Waals surface area contributed by atoms with Crippen molar-refractivity contribution in [3.8, 4) is 0 Å². The Balaban J connectivity index is 1.32. The third kappa shape index (κ3) is 3.00. The van der Waals surface area contributed by atoms with Crippen molar-refractivity contribution >= 4 is 22.6 Å². The highest BCUT2D eigenvalue weighted by Gasteiger charge is 2.29. The maximum Gasteiger partial charge on any atom is 0.255 e. The number of pyridine rings is 1. The van der Waals surface area contributed by atoms with E-state index in [0.29, 0.717) is 47.0 Å². The van der Waals surface area contributed by atoms with Gasteiger partial charge in [-0.1, -0.05) is 0 Å². The molecule has 0 bridgehead atoms. The predicted molar refractivity (Wildman–Crippen MR) is 102 cm³/mol. The summed E-state index contributed by atoms with van der Waals surface area (Å²) in [5, 5.41) is 11.5. The Morgan fingerprint density at radius 3 is 3.00 bits per heavy atom. The van der Waals surface area contributed by atoms with Crippen LogP contribution in [-0.4, -0.2) is 37.0 Å². The van der Waals surface area contributed by atoms with E-state index >= 15 is 0 Å². The molecular weight excluding hydrogens is 359 g/mol. The molecule has 0 spiro atoms. The number of aryl methyl sites for hydroxylation is 1. The van der Waals surface area contributed by atoms with E-state index in [1.807, 2.05) is 23.6 Å². The van der Waals surface area contributed by atoms with Crippen LogP contribution in [0.4, 0.5) is 4.39 Å². The second-order valence-corrected chi connectivity index (χ2v) is 7.31. The minimum absolute atomic E-state index is 0.189. The van der Waals surface area contributed by atoms with E-state index in [-0.39, 0.29) is 11.7 Å². The second-order valence-electron chi connectivity index (χ2n) is 7.31. The molecule has 3 heterocycles. The molecule has 1 fully saturated rings. The molecule has 28 heavy (non-hydrogen) atoms. The molecule has 1 amide bonds. The van der Waals surface area contributed by atoms with E-state index in [1.165, 1.54) is 12.1 Å². The van der Waals surface area contributed by atoms with Crippen molar-refractivity contribution in [3.05, 3.63) is 59.1 Å². The normalized spacial score (nSPS) is 14.1. The lowest BCUT2D eigenvalue weighted by molar-refractivity contribution is 0.0955. The van der Waals surface area contributed by atoms with E-state index in [2.05, 4.69) is 25.5 Å². The number of amides is 1. The number of nitrogens with zero attached hydrogens (tertiary/aromatic N) is 4. The highest BCUT2D eigenvalue weighted by atomic mass is 19.1. The molecule has 1 aliphatic carbocycles. The van der Waals surface area contributed by atoms with E-state index in [1.54, 1.807) is 6.07 Å². The van der Waals surface area contributed by atoms with Gasteiger partial charge in [-0.05, 0) is 49.6 Å². The lowest BCUT2D eigenvalue weighted by Crippen LogP contribution is -2.26. The van der Waals surface area contributed by atoms with Crippen LogP contribution in [0.25, 0.3) is 16.7 Å². The number of fused-ring (bicyclic) bond motifs is 2. The maximum absolute atomic E-state index is 13.3. The SMILES string of the molecule is Cc1cc(C(=O)NCCc2nc3ccc(F)cc3[nH]2)c2nnc(C3CC3)n2c1. The number of H-pyrrole nitrogens is 1. The van der Waals surface area contributed by atoms with Crippen LogP contribution in [0.5, 0.6) is 0 Å². The summed E-state index contributed by atoms with van der Waals surface area (Å²) in [6, 6.07) is 6.26. The van der Waals surface area contributed by atoms with Gasteiger partial charge in [0.15, 0.2) is 5.65 Å². The van der Waals surface area contributed by atoms with Gasteiger partial charge in [-0.15, -0.1) is 10.2 Å². The molecule has 8 heteroatoms. The Morgan fingerprint density at radius 2 is 2.18 bits per heavy atom. The standard InChI is InChI=1S/C20H19FN6O/c1-11-8-14(19-26-25-18(12-2-3-12)27(19)10-11)20(28)22-7-6-17-23-15-5-4-13(21)9-16(15)24-17/h4-5,8-10,12H,2-3,6-7H2,1H3,(H,22,28)(H,23,24). The van der Waals surface area contributed by atoms with Crippen LogP contribution in [0, 0.1) is 12.7 Å². The van der Waals surface area contributed by atoms with Crippen LogP contribution < -0.4 is 5.32 Å². The van der Waals surface area contributed by atoms with Crippen molar-refractivity contribution in [3.63, 3.8) is 0 Å². The third-order valence-electron chi connectivity index (χ3n) is 5.00. The predicted octanol–water partition coefficient (Wildman–Crippen LogP) is 2.90. The number of hydrogen-bond acceptors (Lipinski definition) is 4. The molecule has 0 saturated heterocycles. The van der Waals surface area contributed by atoms with Crippen molar-refractivity contribution in [1.82, 2.24) is 29.9 Å². The number of halogens is 1. The van der Waals surface area contributed by atoms with Crippen LogP contribution in [0.2, 0.25) is 0 Å². The molecule has 1 aliphatic rings. The van der Waals surface area contributed by atoms with Gasteiger partial charge in [0, 0.05) is 25.1 Å². The zero-order valence-corrected chi connectivity index (χ0v) is 15.4. The summed E-state index contributed by atoms with van der Waals surface area (Å²) in [6.07, 6.45) is 4.74. The molecule has 0 aliphatic heterocycles. The Morgan fingerprint density at radius 1 is 1.32 bits per heavy atom. The van der Waals surface area contributed by atoms with Crippen molar-refractivity contribution in [1.29, 1.82) is 0 Å². The molecule has 142 valence electrons. The zero-order valence-electron chi connectivity index (χ0n) is 15.4. The zero-order chi connectivity index (χ0) is 19.3. The van der Waals surface area contributed by atoms with Crippen molar-refractivity contribution in [2.75, 3.05) is 6.54 Å². The molecule has 7 nitrogen and oxygen atoms in total. The lowest BCUT2D eigenvalue weighted by atomic mass is 10.2. The maximum atomic E-state index is 13.3. The van der Waals surface area contributed by atoms with Gasteiger partial charge in [-0.3, -0.25) is 9.20 Å². The fraction of sp³-hybridized carbons (Fsp3) is 0.300. The molecule has 3 aromatic heterocycles. The first-order valence-corrected chi connectivity index (χ1v) is 9.36. The summed E-state index contributed by atoms with van der Waals surface area (Å²) < 4.78 is 15.2. The van der Waals surface area contributed by atoms with Gasteiger partial charge >= 0.3 is 0 Å². The smallest absolute Gasteiger partial charge is 0.255 e. The fourth-order valence-electron chi connectivity index (χ4n) is 3.48. The summed E-state index contributed by atoms with van der Waals surface area (Å²) in [5.41, 5.74) is 3.45. The second kappa shape index (κ2) is 6.40. The molecule has 0 atom stereocenters. The lowest BCUT2D eigenvalue weighted by Gasteiger charge is -2.07. The number of aromatic amines is 1. The molecular formula is C20H19FN6O. The number of aromatic nitrogens is 5. The first-order chi connectivity index (χ1) is 13.6. The number of nitrogens with one attached hydrogen (secondary N) is 2. The van der Waals surface area contributed by atoms with Gasteiger partial charge < -0.3 is 10.3 Å². The van der Waals surface area contributed by atoms with Gasteiger partial charge in [0.1, 0.15) is 17.5 Å². The fourth-order valence-corrected chi connectivity index (χ4v) is 3.48. The molecule has 0 unspecified atom stereocenters. The summed E-state index contributed by atoms with van der Waals surface area (Å²) in [7, 11) is 0. The van der Waals surface area contributed by atoms with Gasteiger partial charge in [-0.2, -0.15) is 0 Å². The Bertz CT molecular complexity index is 1210. The molecule has 0 radical (unpaired) electrons. The number of rotatable bonds is 5. The van der Waals surface area contributed by atoms with Crippen LogP contribution in [0.15, 0.2) is 30.5 Å². The Labute approximate surface area is 160 Å².